The Kier molecular flexibility index (Phi) is 6.89. The van der Waals surface area contributed by atoms with Gasteiger partial charge < -0.3 is 19.7 Å². The molecule has 0 aromatic heterocycles. The van der Waals surface area contributed by atoms with E-state index in [1.165, 1.54) is 7.11 Å². The maximum atomic E-state index is 11.7. The summed E-state index contributed by atoms with van der Waals surface area (Å²) in [5.41, 5.74) is 1.11. The number of methoxy groups -OCH3 is 1. The zero-order chi connectivity index (χ0) is 19.8. The summed E-state index contributed by atoms with van der Waals surface area (Å²) in [7, 11) is 3.23. The van der Waals surface area contributed by atoms with Crippen molar-refractivity contribution in [3.05, 3.63) is 60.2 Å². The molecule has 0 spiro atoms. The molecule has 148 valence electrons. The average molecular weight is 381 g/mol. The van der Waals surface area contributed by atoms with Crippen molar-refractivity contribution in [3.63, 3.8) is 0 Å². The minimum absolute atomic E-state index is 0.00817. The smallest absolute Gasteiger partial charge is 0.308 e. The normalized spacial score (nSPS) is 15.2. The van der Waals surface area contributed by atoms with Crippen molar-refractivity contribution in [3.8, 4) is 11.5 Å². The quantitative estimate of drug-likeness (QED) is 0.488. The summed E-state index contributed by atoms with van der Waals surface area (Å²) in [6.45, 7) is 2.22. The molecule has 0 amide bonds. The molecule has 1 saturated heterocycles. The van der Waals surface area contributed by atoms with Gasteiger partial charge in [-0.2, -0.15) is 0 Å². The highest BCUT2D eigenvalue weighted by atomic mass is 16.5. The Morgan fingerprint density at radius 3 is 2.50 bits per heavy atom. The number of benzene rings is 2. The van der Waals surface area contributed by atoms with Crippen LogP contribution >= 0.6 is 0 Å². The lowest BCUT2D eigenvalue weighted by Gasteiger charge is -2.33. The van der Waals surface area contributed by atoms with Gasteiger partial charge in [0.15, 0.2) is 5.96 Å². The number of piperidine rings is 1. The molecule has 2 aromatic carbocycles. The predicted octanol–water partition coefficient (Wildman–Crippen LogP) is 3.44. The van der Waals surface area contributed by atoms with Crippen LogP contribution in [-0.4, -0.2) is 44.1 Å². The molecular weight excluding hydrogens is 354 g/mol. The standard InChI is InChI=1S/C22H27N3O3/c1-23-22(25-13-11-18(12-14-25)21(26)27-2)24-16-17-7-6-10-20(15-17)28-19-8-4-3-5-9-19/h3-10,15,18H,11-14,16H2,1-2H3,(H,23,24). The number of hydrogen-bond donors (Lipinski definition) is 1. The molecule has 0 bridgehead atoms. The molecule has 1 fully saturated rings. The lowest BCUT2D eigenvalue weighted by Crippen LogP contribution is -2.46. The van der Waals surface area contributed by atoms with E-state index in [1.54, 1.807) is 7.05 Å². The molecule has 0 unspecified atom stereocenters. The molecule has 0 atom stereocenters. The SMILES string of the molecule is CN=C(NCc1cccc(Oc2ccccc2)c1)N1CCC(C(=O)OC)CC1. The van der Waals surface area contributed by atoms with Crippen LogP contribution in [-0.2, 0) is 16.1 Å². The third kappa shape index (κ3) is 5.25. The van der Waals surface area contributed by atoms with Crippen molar-refractivity contribution < 1.29 is 14.3 Å². The van der Waals surface area contributed by atoms with E-state index in [0.717, 1.165) is 49.0 Å². The second-order valence-corrected chi connectivity index (χ2v) is 6.75. The number of carbonyl (C=O) groups is 1. The van der Waals surface area contributed by atoms with E-state index in [0.29, 0.717) is 6.54 Å². The number of likely N-dealkylation sites (tertiary alicyclic amines) is 1. The lowest BCUT2D eigenvalue weighted by atomic mass is 9.97. The second-order valence-electron chi connectivity index (χ2n) is 6.75. The Balaban J connectivity index is 1.54. The highest BCUT2D eigenvalue weighted by Crippen LogP contribution is 2.22. The number of esters is 1. The van der Waals surface area contributed by atoms with Crippen molar-refractivity contribution in [1.82, 2.24) is 10.2 Å². The Morgan fingerprint density at radius 1 is 1.11 bits per heavy atom. The van der Waals surface area contributed by atoms with Gasteiger partial charge in [-0.15, -0.1) is 0 Å². The predicted molar refractivity (Wildman–Crippen MR) is 109 cm³/mol. The van der Waals surface area contributed by atoms with Crippen molar-refractivity contribution in [2.24, 2.45) is 10.9 Å². The Morgan fingerprint density at radius 2 is 1.82 bits per heavy atom. The third-order valence-electron chi connectivity index (χ3n) is 4.87. The first-order chi connectivity index (χ1) is 13.7. The zero-order valence-corrected chi connectivity index (χ0v) is 16.4. The molecule has 0 radical (unpaired) electrons. The maximum absolute atomic E-state index is 11.7. The number of aliphatic imine (C=N–C) groups is 1. The summed E-state index contributed by atoms with van der Waals surface area (Å²) in [4.78, 5) is 18.3. The first-order valence-corrected chi connectivity index (χ1v) is 9.55. The van der Waals surface area contributed by atoms with E-state index >= 15 is 0 Å². The van der Waals surface area contributed by atoms with Gasteiger partial charge in [-0.3, -0.25) is 9.79 Å². The van der Waals surface area contributed by atoms with E-state index in [-0.39, 0.29) is 11.9 Å². The van der Waals surface area contributed by atoms with Crippen LogP contribution in [0.3, 0.4) is 0 Å². The van der Waals surface area contributed by atoms with Crippen LogP contribution in [0.1, 0.15) is 18.4 Å². The molecule has 3 rings (SSSR count). The minimum Gasteiger partial charge on any atom is -0.469 e. The summed E-state index contributed by atoms with van der Waals surface area (Å²) < 4.78 is 10.8. The molecule has 6 heteroatoms. The molecule has 0 saturated carbocycles. The monoisotopic (exact) mass is 381 g/mol. The molecule has 6 nitrogen and oxygen atoms in total. The highest BCUT2D eigenvalue weighted by molar-refractivity contribution is 5.80. The van der Waals surface area contributed by atoms with Crippen LogP contribution in [0.4, 0.5) is 0 Å². The fourth-order valence-electron chi connectivity index (χ4n) is 3.35. The number of guanidine groups is 1. The molecule has 1 N–H and O–H groups in total. The second kappa shape index (κ2) is 9.78. The first-order valence-electron chi connectivity index (χ1n) is 9.55. The molecule has 28 heavy (non-hydrogen) atoms. The molecule has 1 aliphatic heterocycles. The van der Waals surface area contributed by atoms with Gasteiger partial charge in [0.1, 0.15) is 11.5 Å². The Hall–Kier alpha value is -3.02. The molecular formula is C22H27N3O3. The summed E-state index contributed by atoms with van der Waals surface area (Å²) in [5.74, 6) is 2.35. The maximum Gasteiger partial charge on any atom is 0.308 e. The number of carbonyl (C=O) groups excluding carboxylic acids is 1. The van der Waals surface area contributed by atoms with Gasteiger partial charge in [0, 0.05) is 26.7 Å². The number of para-hydroxylation sites is 1. The van der Waals surface area contributed by atoms with Crippen molar-refractivity contribution in [2.75, 3.05) is 27.2 Å². The number of rotatable bonds is 5. The largest absolute Gasteiger partial charge is 0.469 e. The Bertz CT molecular complexity index is 800. The third-order valence-corrected chi connectivity index (χ3v) is 4.87. The summed E-state index contributed by atoms with van der Waals surface area (Å²) in [6, 6.07) is 17.8. The van der Waals surface area contributed by atoms with E-state index in [1.807, 2.05) is 48.5 Å². The van der Waals surface area contributed by atoms with Crippen molar-refractivity contribution in [1.29, 1.82) is 0 Å². The van der Waals surface area contributed by atoms with Gasteiger partial charge in [0.25, 0.3) is 0 Å². The fraction of sp³-hybridized carbons (Fsp3) is 0.364. The van der Waals surface area contributed by atoms with E-state index in [4.69, 9.17) is 9.47 Å². The molecule has 2 aromatic rings. The Labute approximate surface area is 166 Å². The van der Waals surface area contributed by atoms with E-state index < -0.39 is 0 Å². The topological polar surface area (TPSA) is 63.2 Å². The summed E-state index contributed by atoms with van der Waals surface area (Å²) in [6.07, 6.45) is 1.57. The first kappa shape index (κ1) is 19.7. The number of hydrogen-bond acceptors (Lipinski definition) is 4. The van der Waals surface area contributed by atoms with Gasteiger partial charge in [-0.1, -0.05) is 30.3 Å². The van der Waals surface area contributed by atoms with Crippen LogP contribution in [0.2, 0.25) is 0 Å². The number of nitrogens with zero attached hydrogens (tertiary/aromatic N) is 2. The van der Waals surface area contributed by atoms with Crippen LogP contribution < -0.4 is 10.1 Å². The molecule has 1 aliphatic rings. The van der Waals surface area contributed by atoms with Gasteiger partial charge >= 0.3 is 5.97 Å². The summed E-state index contributed by atoms with van der Waals surface area (Å²) in [5, 5.41) is 3.41. The minimum atomic E-state index is -0.113. The van der Waals surface area contributed by atoms with Crippen LogP contribution in [0.25, 0.3) is 0 Å². The number of ether oxygens (including phenoxy) is 2. The molecule has 1 heterocycles. The van der Waals surface area contributed by atoms with Crippen LogP contribution in [0.15, 0.2) is 59.6 Å². The van der Waals surface area contributed by atoms with Crippen molar-refractivity contribution >= 4 is 11.9 Å². The van der Waals surface area contributed by atoms with Gasteiger partial charge in [-0.25, -0.2) is 0 Å². The molecule has 0 aliphatic carbocycles. The van der Waals surface area contributed by atoms with Gasteiger partial charge in [-0.05, 0) is 42.7 Å². The van der Waals surface area contributed by atoms with Crippen LogP contribution in [0.5, 0.6) is 11.5 Å². The van der Waals surface area contributed by atoms with Crippen molar-refractivity contribution in [2.45, 2.75) is 19.4 Å². The fourth-order valence-corrected chi connectivity index (χ4v) is 3.35. The summed E-state index contributed by atoms with van der Waals surface area (Å²) >= 11 is 0. The highest BCUT2D eigenvalue weighted by Gasteiger charge is 2.26. The number of nitrogens with one attached hydrogen (secondary N) is 1. The average Bonchev–Trinajstić information content (AvgIpc) is 2.75. The van der Waals surface area contributed by atoms with Gasteiger partial charge in [0.2, 0.25) is 0 Å². The van der Waals surface area contributed by atoms with Gasteiger partial charge in [0.05, 0.1) is 13.0 Å². The van der Waals surface area contributed by atoms with Crippen LogP contribution in [0, 0.1) is 5.92 Å². The van der Waals surface area contributed by atoms with E-state index in [2.05, 4.69) is 21.3 Å². The zero-order valence-electron chi connectivity index (χ0n) is 16.4. The lowest BCUT2D eigenvalue weighted by molar-refractivity contribution is -0.146. The van der Waals surface area contributed by atoms with E-state index in [9.17, 15) is 4.79 Å².